The van der Waals surface area contributed by atoms with Crippen molar-refractivity contribution >= 4 is 0 Å². The molecule has 0 saturated heterocycles. The number of nitrogens with zero attached hydrogens (tertiary/aromatic N) is 2. The zero-order valence-electron chi connectivity index (χ0n) is 12.5. The summed E-state index contributed by atoms with van der Waals surface area (Å²) in [6.45, 7) is 1.72. The average molecular weight is 316 g/mol. The van der Waals surface area contributed by atoms with Crippen molar-refractivity contribution in [2.45, 2.75) is 19.5 Å². The second-order valence-corrected chi connectivity index (χ2v) is 5.14. The van der Waals surface area contributed by atoms with E-state index in [0.717, 1.165) is 4.68 Å². The average Bonchev–Trinajstić information content (AvgIpc) is 2.96. The second kappa shape index (κ2) is 5.91. The minimum absolute atomic E-state index is 0.215. The van der Waals surface area contributed by atoms with Crippen LogP contribution < -0.4 is 0 Å². The highest BCUT2D eigenvalue weighted by Crippen LogP contribution is 2.38. The van der Waals surface area contributed by atoms with Crippen molar-refractivity contribution in [2.24, 2.45) is 0 Å². The van der Waals surface area contributed by atoms with Gasteiger partial charge >= 0.3 is 6.18 Å². The van der Waals surface area contributed by atoms with Crippen molar-refractivity contribution in [1.82, 2.24) is 9.78 Å². The molecule has 5 heteroatoms. The zero-order valence-corrected chi connectivity index (χ0v) is 12.5. The molecule has 0 saturated carbocycles. The first kappa shape index (κ1) is 15.3. The van der Waals surface area contributed by atoms with Crippen molar-refractivity contribution in [1.29, 1.82) is 0 Å². The van der Waals surface area contributed by atoms with Crippen molar-refractivity contribution < 1.29 is 13.2 Å². The number of halogens is 3. The molecule has 2 nitrogen and oxygen atoms in total. The lowest BCUT2D eigenvalue weighted by Crippen LogP contribution is -2.15. The second-order valence-electron chi connectivity index (χ2n) is 5.14. The summed E-state index contributed by atoms with van der Waals surface area (Å²) >= 11 is 0. The third kappa shape index (κ3) is 2.86. The van der Waals surface area contributed by atoms with Crippen LogP contribution in [0.3, 0.4) is 0 Å². The molecule has 0 amide bonds. The maximum absolute atomic E-state index is 13.6. The molecule has 0 fully saturated rings. The fourth-order valence-electron chi connectivity index (χ4n) is 2.66. The predicted molar refractivity (Wildman–Crippen MR) is 83.4 cm³/mol. The molecule has 23 heavy (non-hydrogen) atoms. The van der Waals surface area contributed by atoms with E-state index >= 15 is 0 Å². The molecule has 118 valence electrons. The zero-order chi connectivity index (χ0) is 16.4. The van der Waals surface area contributed by atoms with Gasteiger partial charge in [0.1, 0.15) is 0 Å². The summed E-state index contributed by atoms with van der Waals surface area (Å²) in [6.07, 6.45) is -4.22. The van der Waals surface area contributed by atoms with E-state index in [0.29, 0.717) is 16.9 Å². The summed E-state index contributed by atoms with van der Waals surface area (Å²) < 4.78 is 42.0. The highest BCUT2D eigenvalue weighted by Gasteiger charge is 2.40. The van der Waals surface area contributed by atoms with Gasteiger partial charge in [0.15, 0.2) is 5.69 Å². The topological polar surface area (TPSA) is 17.8 Å². The number of rotatable bonds is 3. The van der Waals surface area contributed by atoms with Crippen molar-refractivity contribution in [2.75, 3.05) is 0 Å². The Hall–Kier alpha value is -2.56. The van der Waals surface area contributed by atoms with Crippen LogP contribution in [0.1, 0.15) is 18.2 Å². The first-order chi connectivity index (χ1) is 11.0. The van der Waals surface area contributed by atoms with Gasteiger partial charge in [0.05, 0.1) is 11.4 Å². The molecule has 0 aliphatic rings. The highest BCUT2D eigenvalue weighted by molar-refractivity contribution is 5.65. The third-order valence-electron chi connectivity index (χ3n) is 3.65. The van der Waals surface area contributed by atoms with Crippen LogP contribution in [-0.2, 0) is 12.6 Å². The monoisotopic (exact) mass is 316 g/mol. The lowest BCUT2D eigenvalue weighted by atomic mass is 10.0. The molecule has 0 aliphatic carbocycles. The SMILES string of the molecule is CCc1c(-c2ccccc2)nn(-c2ccccc2)c1C(F)(F)F. The lowest BCUT2D eigenvalue weighted by molar-refractivity contribution is -0.143. The third-order valence-corrected chi connectivity index (χ3v) is 3.65. The molecule has 0 bridgehead atoms. The van der Waals surface area contributed by atoms with Crippen LogP contribution in [-0.4, -0.2) is 9.78 Å². The molecule has 0 unspecified atom stereocenters. The van der Waals surface area contributed by atoms with Crippen molar-refractivity contribution in [3.8, 4) is 16.9 Å². The smallest absolute Gasteiger partial charge is 0.228 e. The Balaban J connectivity index is 2.30. The molecule has 0 spiro atoms. The Labute approximate surface area is 132 Å². The predicted octanol–water partition coefficient (Wildman–Crippen LogP) is 5.12. The minimum atomic E-state index is -4.47. The first-order valence-corrected chi connectivity index (χ1v) is 7.32. The van der Waals surface area contributed by atoms with Crippen LogP contribution in [0.15, 0.2) is 60.7 Å². The van der Waals surface area contributed by atoms with E-state index in [4.69, 9.17) is 0 Å². The van der Waals surface area contributed by atoms with E-state index in [-0.39, 0.29) is 12.0 Å². The van der Waals surface area contributed by atoms with Crippen LogP contribution in [0.5, 0.6) is 0 Å². The normalized spacial score (nSPS) is 11.7. The minimum Gasteiger partial charge on any atom is -0.228 e. The Kier molecular flexibility index (Phi) is 3.94. The molecular formula is C18H15F3N2. The summed E-state index contributed by atoms with van der Waals surface area (Å²) in [5, 5.41) is 4.28. The van der Waals surface area contributed by atoms with E-state index in [2.05, 4.69) is 5.10 Å². The molecule has 3 rings (SSSR count). The van der Waals surface area contributed by atoms with Crippen LogP contribution in [0, 0.1) is 0 Å². The number of alkyl halides is 3. The van der Waals surface area contributed by atoms with Gasteiger partial charge in [-0.1, -0.05) is 55.5 Å². The van der Waals surface area contributed by atoms with Gasteiger partial charge in [-0.3, -0.25) is 0 Å². The molecule has 1 heterocycles. The maximum Gasteiger partial charge on any atom is 0.433 e. The van der Waals surface area contributed by atoms with E-state index in [9.17, 15) is 13.2 Å². The van der Waals surface area contributed by atoms with E-state index in [1.165, 1.54) is 0 Å². The van der Waals surface area contributed by atoms with E-state index in [1.54, 1.807) is 61.5 Å². The quantitative estimate of drug-likeness (QED) is 0.656. The molecule has 0 radical (unpaired) electrons. The number of para-hydroxylation sites is 1. The fraction of sp³-hybridized carbons (Fsp3) is 0.167. The standard InChI is InChI=1S/C18H15F3N2/c1-2-15-16(13-9-5-3-6-10-13)22-23(17(15)18(19,20)21)14-11-7-4-8-12-14/h3-12H,2H2,1H3. The summed E-state index contributed by atoms with van der Waals surface area (Å²) in [5.74, 6) is 0. The summed E-state index contributed by atoms with van der Waals surface area (Å²) in [5.41, 5.74) is 0.975. The van der Waals surface area contributed by atoms with Gasteiger partial charge in [0.25, 0.3) is 0 Å². The molecule has 0 atom stereocenters. The van der Waals surface area contributed by atoms with Crippen LogP contribution in [0.25, 0.3) is 16.9 Å². The van der Waals surface area contributed by atoms with Gasteiger partial charge in [-0.2, -0.15) is 18.3 Å². The molecule has 0 aliphatic heterocycles. The van der Waals surface area contributed by atoms with Gasteiger partial charge in [-0.05, 0) is 18.6 Å². The summed E-state index contributed by atoms with van der Waals surface area (Å²) in [7, 11) is 0. The number of aromatic nitrogens is 2. The Morgan fingerprint density at radius 3 is 2.00 bits per heavy atom. The van der Waals surface area contributed by atoms with Gasteiger partial charge in [0.2, 0.25) is 0 Å². The number of hydrogen-bond donors (Lipinski definition) is 0. The largest absolute Gasteiger partial charge is 0.433 e. The summed E-state index contributed by atoms with van der Waals surface area (Å²) in [4.78, 5) is 0. The Bertz CT molecular complexity index is 790. The molecule has 1 aromatic heterocycles. The van der Waals surface area contributed by atoms with Gasteiger partial charge in [-0.15, -0.1) is 0 Å². The first-order valence-electron chi connectivity index (χ1n) is 7.32. The van der Waals surface area contributed by atoms with Crippen molar-refractivity contribution in [3.05, 3.63) is 71.9 Å². The van der Waals surface area contributed by atoms with Crippen molar-refractivity contribution in [3.63, 3.8) is 0 Å². The number of hydrogen-bond acceptors (Lipinski definition) is 1. The van der Waals surface area contributed by atoms with Crippen LogP contribution >= 0.6 is 0 Å². The molecular weight excluding hydrogens is 301 g/mol. The molecule has 3 aromatic rings. The lowest BCUT2D eigenvalue weighted by Gasteiger charge is -2.12. The Morgan fingerprint density at radius 1 is 0.913 bits per heavy atom. The maximum atomic E-state index is 13.6. The fourth-order valence-corrected chi connectivity index (χ4v) is 2.66. The van der Waals surface area contributed by atoms with Gasteiger partial charge in [0, 0.05) is 11.1 Å². The number of benzene rings is 2. The highest BCUT2D eigenvalue weighted by atomic mass is 19.4. The van der Waals surface area contributed by atoms with Crippen LogP contribution in [0.2, 0.25) is 0 Å². The summed E-state index contributed by atoms with van der Waals surface area (Å²) in [6, 6.07) is 17.4. The Morgan fingerprint density at radius 2 is 1.48 bits per heavy atom. The molecule has 2 aromatic carbocycles. The van der Waals surface area contributed by atoms with E-state index in [1.807, 2.05) is 6.07 Å². The van der Waals surface area contributed by atoms with Crippen LogP contribution in [0.4, 0.5) is 13.2 Å². The van der Waals surface area contributed by atoms with E-state index < -0.39 is 11.9 Å². The van der Waals surface area contributed by atoms with Gasteiger partial charge < -0.3 is 0 Å². The molecule has 0 N–H and O–H groups in total. The van der Waals surface area contributed by atoms with Gasteiger partial charge in [-0.25, -0.2) is 4.68 Å².